The molecule has 0 saturated carbocycles. The van der Waals surface area contributed by atoms with Gasteiger partial charge in [-0.1, -0.05) is 0 Å². The van der Waals surface area contributed by atoms with E-state index in [-0.39, 0.29) is 11.6 Å². The number of carbonyl (C=O) groups excluding carboxylic acids is 1. The lowest BCUT2D eigenvalue weighted by molar-refractivity contribution is -0.385. The van der Waals surface area contributed by atoms with Gasteiger partial charge in [0.1, 0.15) is 0 Å². The number of likely N-dealkylation sites (N-methyl/N-ethyl adjacent to an activating group) is 2. The number of nitro benzene ring substituents is 1. The van der Waals surface area contributed by atoms with Crippen LogP contribution in [0, 0.1) is 17.0 Å². The number of benzene rings is 1. The first-order valence-electron chi connectivity index (χ1n) is 5.62. The minimum atomic E-state index is -0.450. The summed E-state index contributed by atoms with van der Waals surface area (Å²) < 4.78 is 0. The highest BCUT2D eigenvalue weighted by Gasteiger charge is 2.16. The van der Waals surface area contributed by atoms with Crippen molar-refractivity contribution in [2.45, 2.75) is 6.92 Å². The standard InChI is InChI=1S/C12H17N3O3/c1-9-8-10(4-5-11(9)15(17)18)12(16)14(3)7-6-13-2/h4-5,8,13H,6-7H2,1-3H3. The second-order valence-corrected chi connectivity index (χ2v) is 4.09. The van der Waals surface area contributed by atoms with Gasteiger partial charge in [0.25, 0.3) is 11.6 Å². The number of aryl methyl sites for hydroxylation is 1. The lowest BCUT2D eigenvalue weighted by atomic mass is 10.1. The predicted molar refractivity (Wildman–Crippen MR) is 68.7 cm³/mol. The number of nitrogens with one attached hydrogen (secondary N) is 1. The van der Waals surface area contributed by atoms with Gasteiger partial charge in [-0.05, 0) is 26.1 Å². The van der Waals surface area contributed by atoms with Crippen LogP contribution < -0.4 is 5.32 Å². The van der Waals surface area contributed by atoms with Crippen molar-refractivity contribution in [2.24, 2.45) is 0 Å². The SMILES string of the molecule is CNCCN(C)C(=O)c1ccc([N+](=O)[O-])c(C)c1. The van der Waals surface area contributed by atoms with Crippen molar-refractivity contribution >= 4 is 11.6 Å². The maximum absolute atomic E-state index is 12.0. The minimum Gasteiger partial charge on any atom is -0.340 e. The van der Waals surface area contributed by atoms with Crippen molar-refractivity contribution in [3.8, 4) is 0 Å². The van der Waals surface area contributed by atoms with Gasteiger partial charge in [0.2, 0.25) is 0 Å². The van der Waals surface area contributed by atoms with Crippen LogP contribution in [0.15, 0.2) is 18.2 Å². The van der Waals surface area contributed by atoms with E-state index in [9.17, 15) is 14.9 Å². The Morgan fingerprint density at radius 2 is 2.17 bits per heavy atom. The van der Waals surface area contributed by atoms with Crippen LogP contribution in [0.1, 0.15) is 15.9 Å². The number of carbonyl (C=O) groups is 1. The van der Waals surface area contributed by atoms with Crippen molar-refractivity contribution in [1.29, 1.82) is 0 Å². The van der Waals surface area contributed by atoms with Gasteiger partial charge in [0.15, 0.2) is 0 Å². The Morgan fingerprint density at radius 1 is 1.50 bits per heavy atom. The largest absolute Gasteiger partial charge is 0.340 e. The normalized spacial score (nSPS) is 10.2. The van der Waals surface area contributed by atoms with E-state index in [0.717, 1.165) is 0 Å². The lowest BCUT2D eigenvalue weighted by Crippen LogP contribution is -2.32. The number of rotatable bonds is 5. The first-order valence-corrected chi connectivity index (χ1v) is 5.62. The summed E-state index contributed by atoms with van der Waals surface area (Å²) in [4.78, 5) is 23.8. The van der Waals surface area contributed by atoms with Gasteiger partial charge in [-0.25, -0.2) is 0 Å². The van der Waals surface area contributed by atoms with E-state index in [2.05, 4.69) is 5.32 Å². The predicted octanol–water partition coefficient (Wildman–Crippen LogP) is 1.19. The van der Waals surface area contributed by atoms with E-state index >= 15 is 0 Å². The topological polar surface area (TPSA) is 75.5 Å². The molecule has 0 bridgehead atoms. The van der Waals surface area contributed by atoms with E-state index in [1.807, 2.05) is 7.05 Å². The molecule has 1 rings (SSSR count). The molecule has 0 radical (unpaired) electrons. The van der Waals surface area contributed by atoms with Crippen LogP contribution in [-0.2, 0) is 0 Å². The van der Waals surface area contributed by atoms with Crippen LogP contribution in [0.5, 0.6) is 0 Å². The summed E-state index contributed by atoms with van der Waals surface area (Å²) in [6.07, 6.45) is 0. The van der Waals surface area contributed by atoms with Gasteiger partial charge in [-0.15, -0.1) is 0 Å². The van der Waals surface area contributed by atoms with E-state index < -0.39 is 4.92 Å². The molecule has 0 aliphatic carbocycles. The Kier molecular flexibility index (Phi) is 4.79. The number of hydrogen-bond donors (Lipinski definition) is 1. The fraction of sp³-hybridized carbons (Fsp3) is 0.417. The molecule has 0 atom stereocenters. The van der Waals surface area contributed by atoms with Gasteiger partial charge < -0.3 is 10.2 Å². The highest BCUT2D eigenvalue weighted by Crippen LogP contribution is 2.19. The third-order valence-corrected chi connectivity index (χ3v) is 2.68. The average molecular weight is 251 g/mol. The maximum Gasteiger partial charge on any atom is 0.272 e. The molecule has 0 aromatic heterocycles. The molecule has 6 nitrogen and oxygen atoms in total. The quantitative estimate of drug-likeness (QED) is 0.630. The third kappa shape index (κ3) is 3.27. The molecule has 1 N–H and O–H groups in total. The summed E-state index contributed by atoms with van der Waals surface area (Å²) in [5, 5.41) is 13.6. The summed E-state index contributed by atoms with van der Waals surface area (Å²) in [7, 11) is 3.52. The van der Waals surface area contributed by atoms with Gasteiger partial charge in [0.05, 0.1) is 4.92 Å². The van der Waals surface area contributed by atoms with E-state index in [1.54, 1.807) is 24.9 Å². The molecule has 0 aliphatic rings. The van der Waals surface area contributed by atoms with Gasteiger partial charge in [-0.2, -0.15) is 0 Å². The van der Waals surface area contributed by atoms with E-state index in [4.69, 9.17) is 0 Å². The maximum atomic E-state index is 12.0. The number of nitro groups is 1. The zero-order valence-corrected chi connectivity index (χ0v) is 10.8. The highest BCUT2D eigenvalue weighted by atomic mass is 16.6. The molecule has 18 heavy (non-hydrogen) atoms. The second kappa shape index (κ2) is 6.11. The fourth-order valence-electron chi connectivity index (χ4n) is 1.59. The van der Waals surface area contributed by atoms with Gasteiger partial charge >= 0.3 is 0 Å². The molecule has 0 aliphatic heterocycles. The summed E-state index contributed by atoms with van der Waals surface area (Å²) in [5.41, 5.74) is 0.994. The minimum absolute atomic E-state index is 0.0319. The molecular formula is C12H17N3O3. The van der Waals surface area contributed by atoms with Crippen LogP contribution in [0.3, 0.4) is 0 Å². The molecular weight excluding hydrogens is 234 g/mol. The first-order chi connectivity index (χ1) is 8.47. The Morgan fingerprint density at radius 3 is 2.67 bits per heavy atom. The molecule has 0 fully saturated rings. The van der Waals surface area contributed by atoms with Crippen LogP contribution in [-0.4, -0.2) is 42.9 Å². The summed E-state index contributed by atoms with van der Waals surface area (Å²) in [6, 6.07) is 4.41. The molecule has 1 amide bonds. The lowest BCUT2D eigenvalue weighted by Gasteiger charge is -2.17. The Hall–Kier alpha value is -1.95. The summed E-state index contributed by atoms with van der Waals surface area (Å²) in [5.74, 6) is -0.136. The van der Waals surface area contributed by atoms with E-state index in [0.29, 0.717) is 24.2 Å². The van der Waals surface area contributed by atoms with Crippen molar-refractivity contribution < 1.29 is 9.72 Å². The second-order valence-electron chi connectivity index (χ2n) is 4.09. The number of nitrogens with zero attached hydrogens (tertiary/aromatic N) is 2. The number of amides is 1. The van der Waals surface area contributed by atoms with Gasteiger partial charge in [0, 0.05) is 37.3 Å². The van der Waals surface area contributed by atoms with Crippen LogP contribution in [0.2, 0.25) is 0 Å². The molecule has 0 unspecified atom stereocenters. The van der Waals surface area contributed by atoms with Crippen LogP contribution in [0.25, 0.3) is 0 Å². The molecule has 6 heteroatoms. The van der Waals surface area contributed by atoms with Crippen LogP contribution >= 0.6 is 0 Å². The Labute approximate surface area is 106 Å². The van der Waals surface area contributed by atoms with Crippen LogP contribution in [0.4, 0.5) is 5.69 Å². The molecule has 0 heterocycles. The summed E-state index contributed by atoms with van der Waals surface area (Å²) >= 11 is 0. The van der Waals surface area contributed by atoms with E-state index in [1.165, 1.54) is 12.1 Å². The summed E-state index contributed by atoms with van der Waals surface area (Å²) in [6.45, 7) is 2.92. The fourth-order valence-corrected chi connectivity index (χ4v) is 1.59. The molecule has 98 valence electrons. The Bertz CT molecular complexity index is 460. The van der Waals surface area contributed by atoms with Gasteiger partial charge in [-0.3, -0.25) is 14.9 Å². The number of hydrogen-bond acceptors (Lipinski definition) is 4. The molecule has 1 aromatic carbocycles. The zero-order valence-electron chi connectivity index (χ0n) is 10.8. The third-order valence-electron chi connectivity index (χ3n) is 2.68. The Balaban J connectivity index is 2.87. The van der Waals surface area contributed by atoms with Crippen molar-refractivity contribution in [2.75, 3.05) is 27.2 Å². The molecule has 1 aromatic rings. The monoisotopic (exact) mass is 251 g/mol. The average Bonchev–Trinajstić information content (AvgIpc) is 2.34. The van der Waals surface area contributed by atoms with Crippen molar-refractivity contribution in [1.82, 2.24) is 10.2 Å². The highest BCUT2D eigenvalue weighted by molar-refractivity contribution is 5.94. The molecule has 0 saturated heterocycles. The van der Waals surface area contributed by atoms with Crippen molar-refractivity contribution in [3.05, 3.63) is 39.4 Å². The molecule has 0 spiro atoms. The van der Waals surface area contributed by atoms with Crippen molar-refractivity contribution in [3.63, 3.8) is 0 Å². The zero-order chi connectivity index (χ0) is 13.7. The first kappa shape index (κ1) is 14.1. The smallest absolute Gasteiger partial charge is 0.272 e.